The standard InChI is InChI=1S/C16H21F3N2O2/c1-10(21-7-6-12(9-21)11(2)22)15(23)20-14-5-3-4-13(8-14)16(17,18)19/h3-5,8,10-12,22H,6-7,9H2,1-2H3,(H,20,23). The molecule has 1 saturated heterocycles. The van der Waals surface area contributed by atoms with E-state index in [0.29, 0.717) is 13.1 Å². The van der Waals surface area contributed by atoms with E-state index in [9.17, 15) is 23.1 Å². The molecule has 1 fully saturated rings. The number of hydrogen-bond donors (Lipinski definition) is 2. The average molecular weight is 330 g/mol. The zero-order valence-electron chi connectivity index (χ0n) is 13.1. The van der Waals surface area contributed by atoms with Crippen LogP contribution in [0, 0.1) is 5.92 Å². The predicted octanol–water partition coefficient (Wildman–Crippen LogP) is 2.74. The van der Waals surface area contributed by atoms with E-state index in [1.54, 1.807) is 13.8 Å². The number of nitrogens with one attached hydrogen (secondary N) is 1. The van der Waals surface area contributed by atoms with Gasteiger partial charge in [-0.15, -0.1) is 0 Å². The van der Waals surface area contributed by atoms with Crippen molar-refractivity contribution < 1.29 is 23.1 Å². The van der Waals surface area contributed by atoms with Crippen LogP contribution in [0.1, 0.15) is 25.8 Å². The molecule has 2 N–H and O–H groups in total. The molecule has 1 aromatic carbocycles. The number of nitrogens with zero attached hydrogens (tertiary/aromatic N) is 1. The van der Waals surface area contributed by atoms with E-state index in [0.717, 1.165) is 18.6 Å². The first-order valence-corrected chi connectivity index (χ1v) is 7.58. The smallest absolute Gasteiger partial charge is 0.393 e. The van der Waals surface area contributed by atoms with E-state index in [1.807, 2.05) is 4.90 Å². The van der Waals surface area contributed by atoms with E-state index in [1.165, 1.54) is 12.1 Å². The van der Waals surface area contributed by atoms with Gasteiger partial charge in [0.15, 0.2) is 0 Å². The first-order valence-electron chi connectivity index (χ1n) is 7.58. The minimum atomic E-state index is -4.44. The number of benzene rings is 1. The van der Waals surface area contributed by atoms with Gasteiger partial charge in [-0.05, 0) is 50.9 Å². The lowest BCUT2D eigenvalue weighted by atomic mass is 10.0. The third-order valence-corrected chi connectivity index (χ3v) is 4.32. The van der Waals surface area contributed by atoms with Crippen molar-refractivity contribution in [3.05, 3.63) is 29.8 Å². The zero-order valence-corrected chi connectivity index (χ0v) is 13.1. The molecule has 0 saturated carbocycles. The molecular formula is C16H21F3N2O2. The van der Waals surface area contributed by atoms with Crippen molar-refractivity contribution in [3.63, 3.8) is 0 Å². The van der Waals surface area contributed by atoms with E-state index >= 15 is 0 Å². The van der Waals surface area contributed by atoms with E-state index in [2.05, 4.69) is 5.32 Å². The van der Waals surface area contributed by atoms with Crippen LogP contribution in [0.5, 0.6) is 0 Å². The molecule has 1 heterocycles. The fraction of sp³-hybridized carbons (Fsp3) is 0.562. The highest BCUT2D eigenvalue weighted by Crippen LogP contribution is 2.30. The monoisotopic (exact) mass is 330 g/mol. The van der Waals surface area contributed by atoms with Gasteiger partial charge in [-0.2, -0.15) is 13.2 Å². The van der Waals surface area contributed by atoms with Gasteiger partial charge in [0.25, 0.3) is 0 Å². The first kappa shape index (κ1) is 17.7. The van der Waals surface area contributed by atoms with Gasteiger partial charge >= 0.3 is 6.18 Å². The quantitative estimate of drug-likeness (QED) is 0.892. The summed E-state index contributed by atoms with van der Waals surface area (Å²) < 4.78 is 38.1. The lowest BCUT2D eigenvalue weighted by Gasteiger charge is -2.24. The number of likely N-dealkylation sites (tertiary alicyclic amines) is 1. The van der Waals surface area contributed by atoms with Gasteiger partial charge in [-0.1, -0.05) is 6.07 Å². The highest BCUT2D eigenvalue weighted by atomic mass is 19.4. The largest absolute Gasteiger partial charge is 0.416 e. The Labute approximate surface area is 133 Å². The van der Waals surface area contributed by atoms with Gasteiger partial charge in [-0.25, -0.2) is 0 Å². The van der Waals surface area contributed by atoms with Gasteiger partial charge in [-0.3, -0.25) is 9.69 Å². The second-order valence-electron chi connectivity index (χ2n) is 6.03. The van der Waals surface area contributed by atoms with Crippen molar-refractivity contribution in [1.82, 2.24) is 4.90 Å². The van der Waals surface area contributed by atoms with Crippen LogP contribution >= 0.6 is 0 Å². The molecule has 1 aliphatic heterocycles. The summed E-state index contributed by atoms with van der Waals surface area (Å²) in [5, 5.41) is 12.1. The van der Waals surface area contributed by atoms with Gasteiger partial charge in [0.1, 0.15) is 0 Å². The van der Waals surface area contributed by atoms with Crippen molar-refractivity contribution in [3.8, 4) is 0 Å². The molecule has 1 aromatic rings. The second kappa shape index (κ2) is 6.88. The summed E-state index contributed by atoms with van der Waals surface area (Å²) >= 11 is 0. The van der Waals surface area contributed by atoms with Crippen LogP contribution in [0.4, 0.5) is 18.9 Å². The Bertz CT molecular complexity index is 561. The Hall–Kier alpha value is -1.60. The average Bonchev–Trinajstić information content (AvgIpc) is 2.95. The fourth-order valence-electron chi connectivity index (χ4n) is 2.75. The Morgan fingerprint density at radius 1 is 1.39 bits per heavy atom. The highest BCUT2D eigenvalue weighted by molar-refractivity contribution is 5.94. The van der Waals surface area contributed by atoms with Crippen LogP contribution in [0.2, 0.25) is 0 Å². The molecule has 1 aliphatic rings. The van der Waals surface area contributed by atoms with Crippen LogP contribution in [0.15, 0.2) is 24.3 Å². The highest BCUT2D eigenvalue weighted by Gasteiger charge is 2.33. The minimum absolute atomic E-state index is 0.124. The van der Waals surface area contributed by atoms with Crippen molar-refractivity contribution in [2.75, 3.05) is 18.4 Å². The van der Waals surface area contributed by atoms with Crippen LogP contribution in [0.25, 0.3) is 0 Å². The maximum atomic E-state index is 12.7. The van der Waals surface area contributed by atoms with Crippen LogP contribution in [-0.4, -0.2) is 41.1 Å². The van der Waals surface area contributed by atoms with Gasteiger partial charge in [0.2, 0.25) is 5.91 Å². The first-order chi connectivity index (χ1) is 10.7. The van der Waals surface area contributed by atoms with Gasteiger partial charge in [0, 0.05) is 12.2 Å². The maximum absolute atomic E-state index is 12.7. The number of carbonyl (C=O) groups excluding carboxylic acids is 1. The lowest BCUT2D eigenvalue weighted by molar-refractivity contribution is -0.137. The number of carbonyl (C=O) groups is 1. The Balaban J connectivity index is 1.99. The Kier molecular flexibility index (Phi) is 5.31. The molecule has 3 unspecified atom stereocenters. The number of alkyl halides is 3. The summed E-state index contributed by atoms with van der Waals surface area (Å²) in [4.78, 5) is 14.2. The molecule has 0 radical (unpaired) electrons. The van der Waals surface area contributed by atoms with Crippen molar-refractivity contribution in [2.24, 2.45) is 5.92 Å². The number of aliphatic hydroxyl groups is 1. The summed E-state index contributed by atoms with van der Waals surface area (Å²) in [6, 6.07) is 4.12. The molecule has 4 nitrogen and oxygen atoms in total. The predicted molar refractivity (Wildman–Crippen MR) is 80.9 cm³/mol. The minimum Gasteiger partial charge on any atom is -0.393 e. The van der Waals surface area contributed by atoms with Crippen molar-refractivity contribution in [1.29, 1.82) is 0 Å². The number of rotatable bonds is 4. The van der Waals surface area contributed by atoms with E-state index in [-0.39, 0.29) is 17.5 Å². The normalized spacial score (nSPS) is 21.9. The van der Waals surface area contributed by atoms with Crippen LogP contribution < -0.4 is 5.32 Å². The molecular weight excluding hydrogens is 309 g/mol. The zero-order chi connectivity index (χ0) is 17.2. The summed E-state index contributed by atoms with van der Waals surface area (Å²) in [6.07, 6.45) is -4.07. The molecule has 0 spiro atoms. The molecule has 0 bridgehead atoms. The second-order valence-corrected chi connectivity index (χ2v) is 6.03. The molecule has 0 aliphatic carbocycles. The third kappa shape index (κ3) is 4.45. The van der Waals surface area contributed by atoms with Gasteiger partial charge < -0.3 is 10.4 Å². The van der Waals surface area contributed by atoms with Gasteiger partial charge in [0.05, 0.1) is 17.7 Å². The molecule has 7 heteroatoms. The number of aliphatic hydroxyl groups excluding tert-OH is 1. The molecule has 3 atom stereocenters. The van der Waals surface area contributed by atoms with Crippen LogP contribution in [0.3, 0.4) is 0 Å². The summed E-state index contributed by atoms with van der Waals surface area (Å²) in [6.45, 7) is 4.73. The third-order valence-electron chi connectivity index (χ3n) is 4.32. The number of hydrogen-bond acceptors (Lipinski definition) is 3. The van der Waals surface area contributed by atoms with Crippen molar-refractivity contribution in [2.45, 2.75) is 38.6 Å². The number of halogens is 3. The number of anilines is 1. The lowest BCUT2D eigenvalue weighted by Crippen LogP contribution is -2.41. The molecule has 2 rings (SSSR count). The Morgan fingerprint density at radius 2 is 2.09 bits per heavy atom. The SMILES string of the molecule is CC(O)C1CCN(C(C)C(=O)Nc2cccc(C(F)(F)F)c2)C1. The molecule has 23 heavy (non-hydrogen) atoms. The summed E-state index contributed by atoms with van der Waals surface area (Å²) in [7, 11) is 0. The molecule has 1 amide bonds. The van der Waals surface area contributed by atoms with E-state index < -0.39 is 23.9 Å². The Morgan fingerprint density at radius 3 is 2.65 bits per heavy atom. The molecule has 0 aromatic heterocycles. The fourth-order valence-corrected chi connectivity index (χ4v) is 2.75. The summed E-state index contributed by atoms with van der Waals surface area (Å²) in [5.41, 5.74) is -0.666. The maximum Gasteiger partial charge on any atom is 0.416 e. The van der Waals surface area contributed by atoms with E-state index in [4.69, 9.17) is 0 Å². The van der Waals surface area contributed by atoms with Crippen molar-refractivity contribution >= 4 is 11.6 Å². The topological polar surface area (TPSA) is 52.6 Å². The summed E-state index contributed by atoms with van der Waals surface area (Å²) in [5.74, 6) is -0.227. The number of amides is 1. The molecule has 128 valence electrons. The van der Waals surface area contributed by atoms with Crippen LogP contribution in [-0.2, 0) is 11.0 Å².